The molecule has 0 fully saturated rings. The van der Waals surface area contributed by atoms with Gasteiger partial charge in [-0.15, -0.1) is 0 Å². The number of primary amides is 1. The van der Waals surface area contributed by atoms with Gasteiger partial charge in [0.25, 0.3) is 0 Å². The number of anilines is 1. The number of benzene rings is 2. The smallest absolute Gasteiger partial charge is 0.312 e. The zero-order valence-electron chi connectivity index (χ0n) is 29.1. The number of nitrogens with two attached hydrogens (primary N) is 1. The highest BCUT2D eigenvalue weighted by Gasteiger charge is 2.29. The Morgan fingerprint density at radius 1 is 0.755 bits per heavy atom. The van der Waals surface area contributed by atoms with E-state index >= 15 is 0 Å². The number of ether oxygens (including phenoxy) is 2. The van der Waals surface area contributed by atoms with Gasteiger partial charge in [0, 0.05) is 25.1 Å². The van der Waals surface area contributed by atoms with E-state index in [1.54, 1.807) is 58.9 Å². The fraction of sp³-hybridized carbons (Fsp3) is 0.500. The second-order valence-electron chi connectivity index (χ2n) is 13.1. The van der Waals surface area contributed by atoms with E-state index in [1.807, 2.05) is 30.3 Å². The molecule has 0 spiro atoms. The van der Waals surface area contributed by atoms with Crippen molar-refractivity contribution in [3.63, 3.8) is 0 Å². The molecular formula is C36H51N5O8. The highest BCUT2D eigenvalue weighted by molar-refractivity contribution is 5.98. The van der Waals surface area contributed by atoms with Gasteiger partial charge < -0.3 is 36.5 Å². The molecule has 0 aliphatic rings. The molecule has 0 saturated carbocycles. The lowest BCUT2D eigenvalue weighted by molar-refractivity contribution is -0.154. The largest absolute Gasteiger partial charge is 0.461 e. The molecule has 0 bridgehead atoms. The molecule has 13 nitrogen and oxygen atoms in total. The molecule has 0 aliphatic carbocycles. The first-order valence-corrected chi connectivity index (χ1v) is 16.5. The Balaban J connectivity index is 1.93. The molecular weight excluding hydrogens is 630 g/mol. The number of carbonyl (C=O) groups is 6. The summed E-state index contributed by atoms with van der Waals surface area (Å²) in [4.78, 5) is 74.7. The van der Waals surface area contributed by atoms with Crippen molar-refractivity contribution in [3.8, 4) is 0 Å². The van der Waals surface area contributed by atoms with E-state index in [2.05, 4.69) is 21.3 Å². The zero-order valence-corrected chi connectivity index (χ0v) is 29.1. The SMILES string of the molecule is CC(C)[C@H](NC(=O)CCCCC(=O)OCc1ccccc1)C(=O)NC(CCCNC(N)=O)C(=O)Nc1ccc(COC(=O)C(C)(C)C)cc1. The third kappa shape index (κ3) is 16.1. The highest BCUT2D eigenvalue weighted by Crippen LogP contribution is 2.18. The van der Waals surface area contributed by atoms with Crippen LogP contribution in [0.3, 0.4) is 0 Å². The van der Waals surface area contributed by atoms with E-state index in [-0.39, 0.29) is 62.8 Å². The second-order valence-corrected chi connectivity index (χ2v) is 13.1. The maximum absolute atomic E-state index is 13.4. The predicted molar refractivity (Wildman–Crippen MR) is 185 cm³/mol. The quantitative estimate of drug-likeness (QED) is 0.108. The van der Waals surface area contributed by atoms with Crippen LogP contribution >= 0.6 is 0 Å². The summed E-state index contributed by atoms with van der Waals surface area (Å²) in [5.74, 6) is -2.36. The molecule has 2 aromatic rings. The third-order valence-electron chi connectivity index (χ3n) is 7.35. The van der Waals surface area contributed by atoms with Crippen LogP contribution in [0.25, 0.3) is 0 Å². The monoisotopic (exact) mass is 681 g/mol. The third-order valence-corrected chi connectivity index (χ3v) is 7.35. The number of unbranched alkanes of at least 4 members (excludes halogenated alkanes) is 1. The van der Waals surface area contributed by atoms with Crippen molar-refractivity contribution < 1.29 is 38.2 Å². The van der Waals surface area contributed by atoms with E-state index < -0.39 is 35.3 Å². The molecule has 6 N–H and O–H groups in total. The average molecular weight is 682 g/mol. The minimum absolute atomic E-state index is 0.0828. The Hall–Kier alpha value is -4.94. The molecule has 0 radical (unpaired) electrons. The van der Waals surface area contributed by atoms with Gasteiger partial charge in [0.05, 0.1) is 5.41 Å². The van der Waals surface area contributed by atoms with E-state index in [1.165, 1.54) is 0 Å². The van der Waals surface area contributed by atoms with Gasteiger partial charge in [-0.05, 0) is 75.6 Å². The first-order chi connectivity index (χ1) is 23.1. The van der Waals surface area contributed by atoms with Crippen LogP contribution in [0.15, 0.2) is 54.6 Å². The molecule has 0 heterocycles. The van der Waals surface area contributed by atoms with Crippen LogP contribution in [0.5, 0.6) is 0 Å². The minimum Gasteiger partial charge on any atom is -0.461 e. The molecule has 0 aliphatic heterocycles. The lowest BCUT2D eigenvalue weighted by Crippen LogP contribution is -2.54. The summed E-state index contributed by atoms with van der Waals surface area (Å²) in [6.07, 6.45) is 1.67. The van der Waals surface area contributed by atoms with Gasteiger partial charge in [0.15, 0.2) is 0 Å². The summed E-state index contributed by atoms with van der Waals surface area (Å²) in [6, 6.07) is 13.5. The number of hydrogen-bond acceptors (Lipinski definition) is 8. The fourth-order valence-electron chi connectivity index (χ4n) is 4.47. The molecule has 13 heteroatoms. The average Bonchev–Trinajstić information content (AvgIpc) is 3.05. The van der Waals surface area contributed by atoms with Crippen LogP contribution in [0, 0.1) is 11.3 Å². The van der Waals surface area contributed by atoms with Gasteiger partial charge in [-0.1, -0.05) is 56.3 Å². The zero-order chi connectivity index (χ0) is 36.4. The normalized spacial score (nSPS) is 12.3. The Morgan fingerprint density at radius 3 is 1.98 bits per heavy atom. The predicted octanol–water partition coefficient (Wildman–Crippen LogP) is 4.09. The summed E-state index contributed by atoms with van der Waals surface area (Å²) >= 11 is 0. The Bertz CT molecular complexity index is 1390. The number of esters is 2. The van der Waals surface area contributed by atoms with Gasteiger partial charge in [-0.3, -0.25) is 24.0 Å². The van der Waals surface area contributed by atoms with Crippen molar-refractivity contribution >= 4 is 41.4 Å². The Labute approximate surface area is 288 Å². The molecule has 0 aromatic heterocycles. The van der Waals surface area contributed by atoms with Crippen molar-refractivity contribution in [1.29, 1.82) is 0 Å². The number of hydrogen-bond donors (Lipinski definition) is 5. The Morgan fingerprint density at radius 2 is 1.37 bits per heavy atom. The maximum atomic E-state index is 13.4. The van der Waals surface area contributed by atoms with Crippen LogP contribution in [0.2, 0.25) is 0 Å². The van der Waals surface area contributed by atoms with Crippen LogP contribution in [0.1, 0.15) is 84.3 Å². The number of urea groups is 1. The maximum Gasteiger partial charge on any atom is 0.312 e. The van der Waals surface area contributed by atoms with Crippen LogP contribution in [-0.4, -0.2) is 54.3 Å². The topological polar surface area (TPSA) is 195 Å². The number of carbonyl (C=O) groups excluding carboxylic acids is 6. The molecule has 2 atom stereocenters. The summed E-state index contributed by atoms with van der Waals surface area (Å²) in [5, 5.41) is 10.8. The minimum atomic E-state index is -0.991. The van der Waals surface area contributed by atoms with Crippen molar-refractivity contribution in [2.75, 3.05) is 11.9 Å². The molecule has 2 aromatic carbocycles. The van der Waals surface area contributed by atoms with Gasteiger partial charge in [0.2, 0.25) is 17.7 Å². The van der Waals surface area contributed by atoms with E-state index in [4.69, 9.17) is 15.2 Å². The van der Waals surface area contributed by atoms with Crippen molar-refractivity contribution in [2.45, 2.75) is 98.4 Å². The van der Waals surface area contributed by atoms with Crippen molar-refractivity contribution in [1.82, 2.24) is 16.0 Å². The number of nitrogens with one attached hydrogen (secondary N) is 4. The molecule has 0 saturated heterocycles. The van der Waals surface area contributed by atoms with Crippen LogP contribution < -0.4 is 27.0 Å². The van der Waals surface area contributed by atoms with E-state index in [9.17, 15) is 28.8 Å². The van der Waals surface area contributed by atoms with E-state index in [0.29, 0.717) is 24.9 Å². The summed E-state index contributed by atoms with van der Waals surface area (Å²) < 4.78 is 10.6. The number of rotatable bonds is 19. The summed E-state index contributed by atoms with van der Waals surface area (Å²) in [5.41, 5.74) is 6.60. The number of amides is 5. The summed E-state index contributed by atoms with van der Waals surface area (Å²) in [6.45, 7) is 9.32. The fourth-order valence-corrected chi connectivity index (χ4v) is 4.47. The first kappa shape index (κ1) is 40.2. The summed E-state index contributed by atoms with van der Waals surface area (Å²) in [7, 11) is 0. The Kier molecular flexibility index (Phi) is 16.8. The molecule has 2 rings (SSSR count). The van der Waals surface area contributed by atoms with Crippen molar-refractivity contribution in [2.24, 2.45) is 17.1 Å². The van der Waals surface area contributed by atoms with Crippen LogP contribution in [0.4, 0.5) is 10.5 Å². The second kappa shape index (κ2) is 20.4. The molecule has 1 unspecified atom stereocenters. The highest BCUT2D eigenvalue weighted by atomic mass is 16.5. The lowest BCUT2D eigenvalue weighted by Gasteiger charge is -2.25. The van der Waals surface area contributed by atoms with Gasteiger partial charge in [0.1, 0.15) is 25.3 Å². The van der Waals surface area contributed by atoms with Crippen molar-refractivity contribution in [3.05, 3.63) is 65.7 Å². The van der Waals surface area contributed by atoms with Gasteiger partial charge >= 0.3 is 18.0 Å². The molecule has 49 heavy (non-hydrogen) atoms. The lowest BCUT2D eigenvalue weighted by atomic mass is 9.97. The van der Waals surface area contributed by atoms with Crippen LogP contribution in [-0.2, 0) is 46.7 Å². The molecule has 268 valence electrons. The molecule has 5 amide bonds. The van der Waals surface area contributed by atoms with Gasteiger partial charge in [-0.2, -0.15) is 0 Å². The first-order valence-electron chi connectivity index (χ1n) is 16.5. The van der Waals surface area contributed by atoms with E-state index in [0.717, 1.165) is 11.1 Å². The standard InChI is InChI=1S/C36H51N5O8/c1-24(2)31(41-29(42)15-9-10-16-30(43)48-22-25-12-7-6-8-13-25)33(45)40-28(14-11-21-38-35(37)47)32(44)39-27-19-17-26(18-20-27)23-49-34(46)36(3,4)5/h6-8,12-13,17-20,24,28,31H,9-11,14-16,21-23H2,1-5H3,(H,39,44)(H,40,45)(H,41,42)(H3,37,38,47)/t28?,31-/m0/s1. The van der Waals surface area contributed by atoms with Gasteiger partial charge in [-0.25, -0.2) is 4.79 Å².